The lowest BCUT2D eigenvalue weighted by Gasteiger charge is -2.17. The summed E-state index contributed by atoms with van der Waals surface area (Å²) in [6.07, 6.45) is 4.27. The van der Waals surface area contributed by atoms with Crippen LogP contribution in [-0.4, -0.2) is 24.6 Å². The third-order valence-electron chi connectivity index (χ3n) is 2.54. The molecule has 1 aromatic heterocycles. The Morgan fingerprint density at radius 3 is 2.94 bits per heavy atom. The normalized spacial score (nSPS) is 19.3. The first-order chi connectivity index (χ1) is 8.15. The average Bonchev–Trinajstić information content (AvgIpc) is 2.63. The highest BCUT2D eigenvalue weighted by Gasteiger charge is 2.10. The van der Waals surface area contributed by atoms with E-state index in [4.69, 9.17) is 10.2 Å². The molecule has 1 aliphatic rings. The topological polar surface area (TPSA) is 87.9 Å². The summed E-state index contributed by atoms with van der Waals surface area (Å²) >= 11 is 0. The fourth-order valence-corrected chi connectivity index (χ4v) is 1.65. The maximum absolute atomic E-state index is 5.61. The predicted molar refractivity (Wildman–Crippen MR) is 66.8 cm³/mol. The molecule has 0 saturated carbocycles. The highest BCUT2D eigenvalue weighted by molar-refractivity contribution is 5.99. The number of aryl methyl sites for hydroxylation is 1. The molecule has 0 saturated heterocycles. The minimum atomic E-state index is -0.130. The number of furan rings is 1. The molecule has 0 aliphatic carbocycles. The first-order valence-electron chi connectivity index (χ1n) is 5.59. The second kappa shape index (κ2) is 4.90. The largest absolute Gasteiger partial charge is 0.472 e. The molecule has 92 valence electrons. The second-order valence-electron chi connectivity index (χ2n) is 4.01. The van der Waals surface area contributed by atoms with Crippen LogP contribution in [0.1, 0.15) is 18.1 Å². The van der Waals surface area contributed by atoms with Gasteiger partial charge in [-0.2, -0.15) is 0 Å². The van der Waals surface area contributed by atoms with Gasteiger partial charge in [-0.3, -0.25) is 5.32 Å². The van der Waals surface area contributed by atoms with E-state index in [0.717, 1.165) is 13.0 Å². The second-order valence-corrected chi connectivity index (χ2v) is 4.01. The van der Waals surface area contributed by atoms with E-state index < -0.39 is 0 Å². The molecule has 17 heavy (non-hydrogen) atoms. The molecule has 6 nitrogen and oxygen atoms in total. The number of nitrogens with one attached hydrogen (secondary N) is 2. The SMILES string of the molecule is Cc1cocc1CCNC1=NC(C)N=C(N)N1. The molecule has 0 bridgehead atoms. The van der Waals surface area contributed by atoms with Gasteiger partial charge in [0.2, 0.25) is 0 Å². The lowest BCUT2D eigenvalue weighted by Crippen LogP contribution is -2.48. The van der Waals surface area contributed by atoms with E-state index >= 15 is 0 Å². The average molecular weight is 235 g/mol. The Bertz CT molecular complexity index is 448. The minimum absolute atomic E-state index is 0.130. The molecule has 0 spiro atoms. The van der Waals surface area contributed by atoms with Gasteiger partial charge in [0, 0.05) is 6.54 Å². The van der Waals surface area contributed by atoms with Gasteiger partial charge >= 0.3 is 0 Å². The maximum Gasteiger partial charge on any atom is 0.200 e. The first-order valence-corrected chi connectivity index (χ1v) is 5.59. The number of hydrogen-bond acceptors (Lipinski definition) is 6. The van der Waals surface area contributed by atoms with E-state index in [1.807, 2.05) is 13.8 Å². The van der Waals surface area contributed by atoms with Crippen molar-refractivity contribution in [2.24, 2.45) is 15.7 Å². The number of nitrogens with two attached hydrogens (primary N) is 1. The molecule has 0 radical (unpaired) electrons. The van der Waals surface area contributed by atoms with Crippen LogP contribution in [0.25, 0.3) is 0 Å². The summed E-state index contributed by atoms with van der Waals surface area (Å²) in [6, 6.07) is 0. The van der Waals surface area contributed by atoms with E-state index in [1.54, 1.807) is 12.5 Å². The van der Waals surface area contributed by atoms with E-state index in [1.165, 1.54) is 11.1 Å². The summed E-state index contributed by atoms with van der Waals surface area (Å²) in [5.74, 6) is 1.07. The van der Waals surface area contributed by atoms with E-state index in [2.05, 4.69) is 20.6 Å². The standard InChI is InChI=1S/C11H17N5O/c1-7-5-17-6-9(7)3-4-13-11-15-8(2)14-10(12)16-11/h5-6,8H,3-4H2,1-2H3,(H4,12,13,14,15,16). The van der Waals surface area contributed by atoms with Crippen LogP contribution in [-0.2, 0) is 6.42 Å². The molecule has 1 aromatic rings. The van der Waals surface area contributed by atoms with Crippen molar-refractivity contribution in [2.45, 2.75) is 26.4 Å². The van der Waals surface area contributed by atoms with Gasteiger partial charge in [-0.25, -0.2) is 9.98 Å². The number of nitrogens with zero attached hydrogens (tertiary/aromatic N) is 2. The third kappa shape index (κ3) is 2.99. The highest BCUT2D eigenvalue weighted by Crippen LogP contribution is 2.08. The molecule has 6 heteroatoms. The minimum Gasteiger partial charge on any atom is -0.472 e. The summed E-state index contributed by atoms with van der Waals surface area (Å²) < 4.78 is 5.11. The monoisotopic (exact) mass is 235 g/mol. The molecule has 0 aromatic carbocycles. The summed E-state index contributed by atoms with van der Waals surface area (Å²) in [5, 5.41) is 6.07. The van der Waals surface area contributed by atoms with Crippen LogP contribution >= 0.6 is 0 Å². The first kappa shape index (κ1) is 11.5. The van der Waals surface area contributed by atoms with Gasteiger partial charge in [0.25, 0.3) is 0 Å². The van der Waals surface area contributed by atoms with Crippen molar-refractivity contribution >= 4 is 11.9 Å². The maximum atomic E-state index is 5.61. The fourth-order valence-electron chi connectivity index (χ4n) is 1.65. The molecule has 0 fully saturated rings. The highest BCUT2D eigenvalue weighted by atomic mass is 16.3. The van der Waals surface area contributed by atoms with Crippen LogP contribution in [0.4, 0.5) is 0 Å². The number of aliphatic imine (C=N–C) groups is 2. The van der Waals surface area contributed by atoms with E-state index in [9.17, 15) is 0 Å². The molecule has 1 aliphatic heterocycles. The molecule has 2 heterocycles. The van der Waals surface area contributed by atoms with Crippen molar-refractivity contribution in [1.29, 1.82) is 0 Å². The summed E-state index contributed by atoms with van der Waals surface area (Å²) in [4.78, 5) is 8.32. The van der Waals surface area contributed by atoms with E-state index in [0.29, 0.717) is 11.9 Å². The summed E-state index contributed by atoms with van der Waals surface area (Å²) in [7, 11) is 0. The van der Waals surface area contributed by atoms with Crippen molar-refractivity contribution in [3.05, 3.63) is 23.7 Å². The van der Waals surface area contributed by atoms with Gasteiger partial charge in [-0.1, -0.05) is 0 Å². The third-order valence-corrected chi connectivity index (χ3v) is 2.54. The van der Waals surface area contributed by atoms with Crippen LogP contribution in [0, 0.1) is 6.92 Å². The van der Waals surface area contributed by atoms with Crippen molar-refractivity contribution in [3.63, 3.8) is 0 Å². The zero-order valence-corrected chi connectivity index (χ0v) is 10.0. The molecule has 4 N–H and O–H groups in total. The predicted octanol–water partition coefficient (Wildman–Crippen LogP) is 0.340. The zero-order chi connectivity index (χ0) is 12.3. The van der Waals surface area contributed by atoms with Crippen LogP contribution < -0.4 is 16.4 Å². The van der Waals surface area contributed by atoms with Gasteiger partial charge < -0.3 is 15.5 Å². The number of rotatable bonds is 3. The Morgan fingerprint density at radius 1 is 1.47 bits per heavy atom. The van der Waals surface area contributed by atoms with Gasteiger partial charge in [0.15, 0.2) is 11.9 Å². The number of guanidine groups is 2. The Hall–Kier alpha value is -1.98. The van der Waals surface area contributed by atoms with Gasteiger partial charge in [-0.05, 0) is 31.4 Å². The smallest absolute Gasteiger partial charge is 0.200 e. The lowest BCUT2D eigenvalue weighted by atomic mass is 10.1. The molecular formula is C11H17N5O. The molecule has 1 atom stereocenters. The molecule has 2 rings (SSSR count). The Kier molecular flexibility index (Phi) is 3.32. The van der Waals surface area contributed by atoms with Crippen molar-refractivity contribution in [3.8, 4) is 0 Å². The summed E-state index contributed by atoms with van der Waals surface area (Å²) in [5.41, 5.74) is 7.97. The zero-order valence-electron chi connectivity index (χ0n) is 10.0. The van der Waals surface area contributed by atoms with Gasteiger partial charge in [0.05, 0.1) is 12.5 Å². The quantitative estimate of drug-likeness (QED) is 0.705. The van der Waals surface area contributed by atoms with Gasteiger partial charge in [0.1, 0.15) is 6.17 Å². The molecule has 1 unspecified atom stereocenters. The van der Waals surface area contributed by atoms with E-state index in [-0.39, 0.29) is 6.17 Å². The van der Waals surface area contributed by atoms with Gasteiger partial charge in [-0.15, -0.1) is 0 Å². The van der Waals surface area contributed by atoms with Crippen molar-refractivity contribution in [2.75, 3.05) is 6.54 Å². The van der Waals surface area contributed by atoms with Crippen LogP contribution in [0.5, 0.6) is 0 Å². The van der Waals surface area contributed by atoms with Crippen LogP contribution in [0.15, 0.2) is 26.9 Å². The number of hydrogen-bond donors (Lipinski definition) is 3. The molecule has 0 amide bonds. The van der Waals surface area contributed by atoms with Crippen LogP contribution in [0.2, 0.25) is 0 Å². The van der Waals surface area contributed by atoms with Crippen molar-refractivity contribution in [1.82, 2.24) is 10.6 Å². The summed E-state index contributed by atoms with van der Waals surface area (Å²) in [6.45, 7) is 4.68. The lowest BCUT2D eigenvalue weighted by molar-refractivity contribution is 0.562. The molecular weight excluding hydrogens is 218 g/mol. The fraction of sp³-hybridized carbons (Fsp3) is 0.455. The van der Waals surface area contributed by atoms with Crippen molar-refractivity contribution < 1.29 is 4.42 Å². The van der Waals surface area contributed by atoms with Crippen LogP contribution in [0.3, 0.4) is 0 Å². The Balaban J connectivity index is 1.82. The Morgan fingerprint density at radius 2 is 2.29 bits per heavy atom. The Labute approximate surface area is 100 Å².